The van der Waals surface area contributed by atoms with Crippen LogP contribution in [-0.4, -0.2) is 64.8 Å². The average molecular weight is 510 g/mol. The van der Waals surface area contributed by atoms with Crippen molar-refractivity contribution in [3.63, 3.8) is 0 Å². The van der Waals surface area contributed by atoms with Gasteiger partial charge in [-0.2, -0.15) is 0 Å². The summed E-state index contributed by atoms with van der Waals surface area (Å²) in [4.78, 5) is 45.6. The molecule has 3 rings (SSSR count). The zero-order chi connectivity index (χ0) is 27.1. The fourth-order valence-electron chi connectivity index (χ4n) is 3.58. The molecule has 2 aromatic carbocycles. The van der Waals surface area contributed by atoms with Crippen molar-refractivity contribution in [3.05, 3.63) is 47.9 Å². The number of terminal acetylenes is 1. The van der Waals surface area contributed by atoms with Gasteiger partial charge in [-0.1, -0.05) is 18.1 Å². The van der Waals surface area contributed by atoms with Gasteiger partial charge < -0.3 is 29.9 Å². The summed E-state index contributed by atoms with van der Waals surface area (Å²) < 4.78 is 26.3. The Morgan fingerprint density at radius 3 is 2.49 bits per heavy atom. The fraction of sp³-hybridized carbons (Fsp3) is 0.240. The second-order valence-electron chi connectivity index (χ2n) is 7.62. The number of aromatic nitrogens is 2. The molecule has 0 bridgehead atoms. The van der Waals surface area contributed by atoms with E-state index in [1.807, 2.05) is 0 Å². The van der Waals surface area contributed by atoms with Crippen molar-refractivity contribution in [3.8, 4) is 23.8 Å². The molecule has 1 aromatic heterocycles. The molecule has 0 fully saturated rings. The van der Waals surface area contributed by atoms with Crippen LogP contribution in [0.3, 0.4) is 0 Å². The molecule has 0 aliphatic carbocycles. The molecule has 3 N–H and O–H groups in total. The summed E-state index contributed by atoms with van der Waals surface area (Å²) in [5.74, 6) is -2.76. The maximum atomic E-state index is 15.8. The third-order valence-electron chi connectivity index (χ3n) is 5.32. The number of benzene rings is 2. The quantitative estimate of drug-likeness (QED) is 0.328. The Morgan fingerprint density at radius 1 is 1.19 bits per heavy atom. The molecular weight excluding hydrogens is 487 g/mol. The van der Waals surface area contributed by atoms with E-state index in [4.69, 9.17) is 21.0 Å². The van der Waals surface area contributed by atoms with Crippen LogP contribution in [0.1, 0.15) is 23.2 Å². The first kappa shape index (κ1) is 26.7. The first-order chi connectivity index (χ1) is 17.7. The van der Waals surface area contributed by atoms with E-state index < -0.39 is 53.9 Å². The summed E-state index contributed by atoms with van der Waals surface area (Å²) in [5, 5.41) is 20.4. The van der Waals surface area contributed by atoms with Crippen molar-refractivity contribution in [2.75, 3.05) is 25.7 Å². The Labute approximate surface area is 210 Å². The molecule has 1 atom stereocenters. The second-order valence-corrected chi connectivity index (χ2v) is 7.62. The number of amides is 1. The molecule has 1 heterocycles. The van der Waals surface area contributed by atoms with Crippen molar-refractivity contribution in [2.24, 2.45) is 0 Å². The van der Waals surface area contributed by atoms with Gasteiger partial charge in [0.1, 0.15) is 17.4 Å². The predicted octanol–water partition coefficient (Wildman–Crippen LogP) is 2.61. The third kappa shape index (κ3) is 5.84. The number of nitrogens with one attached hydrogen (secondary N) is 1. The Hall–Kier alpha value is -4.92. The van der Waals surface area contributed by atoms with E-state index >= 15 is 4.39 Å². The monoisotopic (exact) mass is 510 g/mol. The van der Waals surface area contributed by atoms with Crippen molar-refractivity contribution < 1.29 is 38.5 Å². The van der Waals surface area contributed by atoms with E-state index in [-0.39, 0.29) is 23.8 Å². The lowest BCUT2D eigenvalue weighted by atomic mass is 10.1. The molecule has 0 spiro atoms. The van der Waals surface area contributed by atoms with Crippen LogP contribution in [0.2, 0.25) is 0 Å². The number of fused-ring (bicyclic) bond motifs is 1. The van der Waals surface area contributed by atoms with Gasteiger partial charge in [0, 0.05) is 12.5 Å². The molecule has 11 nitrogen and oxygen atoms in total. The molecule has 12 heteroatoms. The van der Waals surface area contributed by atoms with Gasteiger partial charge in [0.15, 0.2) is 17.4 Å². The number of anilines is 2. The van der Waals surface area contributed by atoms with Crippen LogP contribution < -0.4 is 19.7 Å². The van der Waals surface area contributed by atoms with Gasteiger partial charge in [0.25, 0.3) is 5.91 Å². The Balaban J connectivity index is 2.09. The number of carbonyl (C=O) groups is 3. The lowest BCUT2D eigenvalue weighted by molar-refractivity contribution is -0.140. The minimum absolute atomic E-state index is 0.127. The van der Waals surface area contributed by atoms with Gasteiger partial charge in [-0.3, -0.25) is 14.6 Å². The molecule has 1 amide bonds. The van der Waals surface area contributed by atoms with Gasteiger partial charge in [-0.25, -0.2) is 14.2 Å². The maximum Gasteiger partial charge on any atom is 0.326 e. The van der Waals surface area contributed by atoms with Crippen molar-refractivity contribution in [1.29, 1.82) is 0 Å². The normalized spacial score (nSPS) is 11.3. The number of methoxy groups -OCH3 is 2. The molecule has 0 aliphatic heterocycles. The highest BCUT2D eigenvalue weighted by Crippen LogP contribution is 2.40. The number of para-hydroxylation sites is 2. The Kier molecular flexibility index (Phi) is 8.42. The first-order valence-corrected chi connectivity index (χ1v) is 10.8. The summed E-state index contributed by atoms with van der Waals surface area (Å²) in [6.45, 7) is -0.127. The van der Waals surface area contributed by atoms with Crippen molar-refractivity contribution >= 4 is 40.4 Å². The van der Waals surface area contributed by atoms with Gasteiger partial charge in [0.05, 0.1) is 43.7 Å². The van der Waals surface area contributed by atoms with Crippen LogP contribution in [0.25, 0.3) is 11.0 Å². The summed E-state index contributed by atoms with van der Waals surface area (Å²) in [7, 11) is 2.35. The SMILES string of the molecule is C#CCN(c1cnc2ccccc2n1)c1cc(OC)c(C(=O)NC(CCC(=O)O)C(=O)O)c(OC)c1F. The topological polar surface area (TPSA) is 151 Å². The third-order valence-corrected chi connectivity index (χ3v) is 5.32. The highest BCUT2D eigenvalue weighted by atomic mass is 19.1. The lowest BCUT2D eigenvalue weighted by Crippen LogP contribution is -2.41. The molecule has 37 heavy (non-hydrogen) atoms. The zero-order valence-corrected chi connectivity index (χ0v) is 19.9. The number of hydrogen-bond donors (Lipinski definition) is 3. The van der Waals surface area contributed by atoms with E-state index in [0.717, 1.165) is 7.11 Å². The maximum absolute atomic E-state index is 15.8. The highest BCUT2D eigenvalue weighted by molar-refractivity contribution is 6.02. The Bertz CT molecular complexity index is 1390. The smallest absolute Gasteiger partial charge is 0.326 e. The molecular formula is C25H23FN4O7. The largest absolute Gasteiger partial charge is 0.496 e. The lowest BCUT2D eigenvalue weighted by Gasteiger charge is -2.25. The standard InChI is InChI=1S/C25H23FN4O7/c1-4-11-30(19-13-27-14-7-5-6-8-15(14)28-19)17-12-18(36-2)21(23(37-3)22(17)26)24(33)29-16(25(34)35)9-10-20(31)32/h1,5-8,12-13,16H,9-11H2,2-3H3,(H,29,33)(H,31,32)(H,34,35). The summed E-state index contributed by atoms with van der Waals surface area (Å²) in [6.07, 6.45) is 6.05. The first-order valence-electron chi connectivity index (χ1n) is 10.8. The zero-order valence-electron chi connectivity index (χ0n) is 19.9. The van der Waals surface area contributed by atoms with Crippen LogP contribution in [0.15, 0.2) is 36.5 Å². The van der Waals surface area contributed by atoms with E-state index in [1.54, 1.807) is 24.3 Å². The molecule has 3 aromatic rings. The summed E-state index contributed by atoms with van der Waals surface area (Å²) in [5.41, 5.74) is 0.607. The number of aliphatic carboxylic acids is 2. The van der Waals surface area contributed by atoms with Gasteiger partial charge in [-0.05, 0) is 18.6 Å². The van der Waals surface area contributed by atoms with Crippen LogP contribution in [-0.2, 0) is 9.59 Å². The van der Waals surface area contributed by atoms with Crippen LogP contribution in [0, 0.1) is 18.2 Å². The van der Waals surface area contributed by atoms with E-state index in [0.29, 0.717) is 11.0 Å². The Morgan fingerprint density at radius 2 is 1.89 bits per heavy atom. The van der Waals surface area contributed by atoms with Gasteiger partial charge >= 0.3 is 11.9 Å². The average Bonchev–Trinajstić information content (AvgIpc) is 2.88. The van der Waals surface area contributed by atoms with Gasteiger partial charge in [-0.15, -0.1) is 6.42 Å². The molecule has 0 saturated carbocycles. The number of carboxylic acid groups (broad SMARTS) is 2. The van der Waals surface area contributed by atoms with Crippen LogP contribution >= 0.6 is 0 Å². The van der Waals surface area contributed by atoms with E-state index in [1.165, 1.54) is 24.3 Å². The van der Waals surface area contributed by atoms with Gasteiger partial charge in [0.2, 0.25) is 0 Å². The number of hydrogen-bond acceptors (Lipinski definition) is 8. The number of carboxylic acids is 2. The molecule has 1 unspecified atom stereocenters. The van der Waals surface area contributed by atoms with E-state index in [2.05, 4.69) is 21.2 Å². The summed E-state index contributed by atoms with van der Waals surface area (Å²) >= 11 is 0. The van der Waals surface area contributed by atoms with Crippen LogP contribution in [0.4, 0.5) is 15.9 Å². The molecule has 0 radical (unpaired) electrons. The number of ether oxygens (including phenoxy) is 2. The number of carbonyl (C=O) groups excluding carboxylic acids is 1. The fourth-order valence-corrected chi connectivity index (χ4v) is 3.58. The predicted molar refractivity (Wildman–Crippen MR) is 131 cm³/mol. The van der Waals surface area contributed by atoms with Crippen molar-refractivity contribution in [1.82, 2.24) is 15.3 Å². The van der Waals surface area contributed by atoms with Crippen LogP contribution in [0.5, 0.6) is 11.5 Å². The molecule has 0 aliphatic rings. The molecule has 0 saturated heterocycles. The summed E-state index contributed by atoms with van der Waals surface area (Å²) in [6, 6.07) is 6.71. The molecule has 192 valence electrons. The van der Waals surface area contributed by atoms with E-state index in [9.17, 15) is 19.5 Å². The second kappa shape index (κ2) is 11.7. The minimum atomic E-state index is -1.55. The van der Waals surface area contributed by atoms with Crippen molar-refractivity contribution in [2.45, 2.75) is 18.9 Å². The number of rotatable bonds is 11. The highest BCUT2D eigenvalue weighted by Gasteiger charge is 2.31. The minimum Gasteiger partial charge on any atom is -0.496 e. The number of nitrogens with zero attached hydrogens (tertiary/aromatic N) is 3. The number of halogens is 1.